The van der Waals surface area contributed by atoms with E-state index < -0.39 is 12.0 Å². The molecule has 0 bridgehead atoms. The highest BCUT2D eigenvalue weighted by atomic mass is 16.5. The van der Waals surface area contributed by atoms with Crippen LogP contribution in [0.2, 0.25) is 0 Å². The van der Waals surface area contributed by atoms with E-state index in [1.54, 1.807) is 24.3 Å². The lowest BCUT2D eigenvalue weighted by atomic mass is 9.92. The summed E-state index contributed by atoms with van der Waals surface area (Å²) >= 11 is 0. The maximum Gasteiger partial charge on any atom is 0.307 e. The largest absolute Gasteiger partial charge is 0.469 e. The number of benzene rings is 1. The second-order valence-corrected chi connectivity index (χ2v) is 6.79. The van der Waals surface area contributed by atoms with Crippen molar-refractivity contribution in [1.29, 1.82) is 0 Å². The van der Waals surface area contributed by atoms with E-state index in [0.717, 1.165) is 6.42 Å². The predicted molar refractivity (Wildman–Crippen MR) is 93.0 cm³/mol. The molecule has 1 amide bonds. The van der Waals surface area contributed by atoms with Crippen molar-refractivity contribution >= 4 is 23.9 Å². The van der Waals surface area contributed by atoms with Crippen molar-refractivity contribution in [3.8, 4) is 0 Å². The number of anilines is 1. The van der Waals surface area contributed by atoms with Crippen molar-refractivity contribution in [1.82, 2.24) is 5.32 Å². The fourth-order valence-electron chi connectivity index (χ4n) is 2.06. The summed E-state index contributed by atoms with van der Waals surface area (Å²) < 4.78 is 4.66. The summed E-state index contributed by atoms with van der Waals surface area (Å²) in [6, 6.07) is 5.98. The van der Waals surface area contributed by atoms with Gasteiger partial charge in [0.1, 0.15) is 0 Å². The maximum absolute atomic E-state index is 12.5. The van der Waals surface area contributed by atoms with E-state index in [0.29, 0.717) is 24.1 Å². The van der Waals surface area contributed by atoms with Gasteiger partial charge in [-0.15, -0.1) is 0 Å². The molecule has 0 unspecified atom stereocenters. The molecule has 1 aromatic rings. The summed E-state index contributed by atoms with van der Waals surface area (Å²) in [6.45, 7) is 6.90. The average Bonchev–Trinajstić information content (AvgIpc) is 2.53. The number of methoxy groups -OCH3 is 1. The lowest BCUT2D eigenvalue weighted by Crippen LogP contribution is -2.43. The van der Waals surface area contributed by atoms with Gasteiger partial charge in [-0.3, -0.25) is 14.4 Å². The fourth-order valence-corrected chi connectivity index (χ4v) is 2.06. The molecule has 24 heavy (non-hydrogen) atoms. The van der Waals surface area contributed by atoms with Crippen LogP contribution in [0.15, 0.2) is 24.3 Å². The normalized spacial score (nSPS) is 12.3. The summed E-state index contributed by atoms with van der Waals surface area (Å²) in [5.41, 5.74) is 0.922. The van der Waals surface area contributed by atoms with Gasteiger partial charge in [0.05, 0.1) is 25.3 Å². The Bertz CT molecular complexity index is 579. The molecular weight excluding hydrogens is 308 g/mol. The Morgan fingerprint density at radius 1 is 1.25 bits per heavy atom. The van der Waals surface area contributed by atoms with Crippen molar-refractivity contribution in [2.75, 3.05) is 19.0 Å². The van der Waals surface area contributed by atoms with Gasteiger partial charge < -0.3 is 15.4 Å². The number of nitrogens with one attached hydrogen (secondary N) is 2. The first-order valence-electron chi connectivity index (χ1n) is 7.92. The number of para-hydroxylation sites is 1. The van der Waals surface area contributed by atoms with Crippen LogP contribution in [0.1, 0.15) is 44.0 Å². The van der Waals surface area contributed by atoms with Crippen LogP contribution in [-0.4, -0.2) is 37.9 Å². The Hall–Kier alpha value is -2.21. The van der Waals surface area contributed by atoms with E-state index in [4.69, 9.17) is 0 Å². The molecule has 0 heterocycles. The number of esters is 1. The molecule has 1 atom stereocenters. The first kappa shape index (κ1) is 19.8. The summed E-state index contributed by atoms with van der Waals surface area (Å²) in [5, 5.41) is 5.80. The van der Waals surface area contributed by atoms with Gasteiger partial charge in [0.2, 0.25) is 5.91 Å². The van der Waals surface area contributed by atoms with Crippen molar-refractivity contribution < 1.29 is 19.1 Å². The minimum Gasteiger partial charge on any atom is -0.469 e. The van der Waals surface area contributed by atoms with Gasteiger partial charge >= 0.3 is 5.97 Å². The molecule has 0 spiro atoms. The zero-order chi connectivity index (χ0) is 18.2. The first-order chi connectivity index (χ1) is 11.3. The zero-order valence-corrected chi connectivity index (χ0v) is 14.7. The monoisotopic (exact) mass is 334 g/mol. The highest BCUT2D eigenvalue weighted by Crippen LogP contribution is 2.18. The molecule has 0 saturated heterocycles. The molecule has 0 radical (unpaired) electrons. The molecule has 1 aromatic carbocycles. The Kier molecular flexibility index (Phi) is 7.58. The van der Waals surface area contributed by atoms with E-state index in [2.05, 4.69) is 36.1 Å². The molecule has 1 rings (SSSR count). The van der Waals surface area contributed by atoms with E-state index in [-0.39, 0.29) is 17.7 Å². The minimum absolute atomic E-state index is 0.0737. The third-order valence-electron chi connectivity index (χ3n) is 3.53. The second-order valence-electron chi connectivity index (χ2n) is 6.79. The third-order valence-corrected chi connectivity index (χ3v) is 3.53. The van der Waals surface area contributed by atoms with Crippen LogP contribution in [0.25, 0.3) is 0 Å². The standard InChI is InChI=1S/C18H26N2O4/c1-18(2,3)9-10-19-15(11-16(22)24-4)17(23)20-14-8-6-5-7-13(14)12-21/h5-8,12,15,19H,9-11H2,1-4H3,(H,20,23)/t15-/m0/s1. The summed E-state index contributed by atoms with van der Waals surface area (Å²) in [7, 11) is 1.29. The molecule has 132 valence electrons. The van der Waals surface area contributed by atoms with Crippen molar-refractivity contribution in [3.05, 3.63) is 29.8 Å². The lowest BCUT2D eigenvalue weighted by molar-refractivity contribution is -0.142. The smallest absolute Gasteiger partial charge is 0.307 e. The fraction of sp³-hybridized carbons (Fsp3) is 0.500. The van der Waals surface area contributed by atoms with Crippen LogP contribution in [0.5, 0.6) is 0 Å². The van der Waals surface area contributed by atoms with E-state index in [1.165, 1.54) is 7.11 Å². The molecule has 0 fully saturated rings. The number of ether oxygens (including phenoxy) is 1. The number of carbonyl (C=O) groups excluding carboxylic acids is 3. The Balaban J connectivity index is 2.78. The highest BCUT2D eigenvalue weighted by Gasteiger charge is 2.23. The average molecular weight is 334 g/mol. The number of carbonyl (C=O) groups is 3. The Morgan fingerprint density at radius 2 is 1.92 bits per heavy atom. The molecule has 0 aliphatic carbocycles. The lowest BCUT2D eigenvalue weighted by Gasteiger charge is -2.22. The minimum atomic E-state index is -0.723. The first-order valence-corrected chi connectivity index (χ1v) is 7.92. The van der Waals surface area contributed by atoms with E-state index in [1.807, 2.05) is 0 Å². The Labute approximate surface area is 143 Å². The molecule has 6 heteroatoms. The second kappa shape index (κ2) is 9.17. The topological polar surface area (TPSA) is 84.5 Å². The van der Waals surface area contributed by atoms with Crippen LogP contribution < -0.4 is 10.6 Å². The van der Waals surface area contributed by atoms with Crippen LogP contribution in [0, 0.1) is 5.41 Å². The summed E-state index contributed by atoms with van der Waals surface area (Å²) in [6.07, 6.45) is 1.45. The van der Waals surface area contributed by atoms with Crippen LogP contribution in [-0.2, 0) is 14.3 Å². The van der Waals surface area contributed by atoms with Crippen molar-refractivity contribution in [2.24, 2.45) is 5.41 Å². The SMILES string of the molecule is COC(=O)C[C@H](NCCC(C)(C)C)C(=O)Nc1ccccc1C=O. The predicted octanol–water partition coefficient (Wildman–Crippen LogP) is 2.40. The molecule has 0 aliphatic rings. The van der Waals surface area contributed by atoms with Crippen molar-refractivity contribution in [3.63, 3.8) is 0 Å². The Morgan fingerprint density at radius 3 is 2.50 bits per heavy atom. The van der Waals surface area contributed by atoms with Gasteiger partial charge in [-0.2, -0.15) is 0 Å². The highest BCUT2D eigenvalue weighted by molar-refractivity contribution is 6.00. The molecular formula is C18H26N2O4. The summed E-state index contributed by atoms with van der Waals surface area (Å²) in [5.74, 6) is -0.842. The number of hydrogen-bond donors (Lipinski definition) is 2. The third kappa shape index (κ3) is 6.91. The number of amides is 1. The molecule has 0 saturated carbocycles. The van der Waals surface area contributed by atoms with Gasteiger partial charge in [-0.05, 0) is 30.5 Å². The van der Waals surface area contributed by atoms with Crippen molar-refractivity contribution in [2.45, 2.75) is 39.7 Å². The van der Waals surface area contributed by atoms with Crippen LogP contribution >= 0.6 is 0 Å². The molecule has 0 aliphatic heterocycles. The maximum atomic E-state index is 12.5. The zero-order valence-electron chi connectivity index (χ0n) is 14.7. The molecule has 2 N–H and O–H groups in total. The van der Waals surface area contributed by atoms with E-state index in [9.17, 15) is 14.4 Å². The number of hydrogen-bond acceptors (Lipinski definition) is 5. The van der Waals surface area contributed by atoms with Gasteiger partial charge in [0.15, 0.2) is 6.29 Å². The van der Waals surface area contributed by atoms with E-state index >= 15 is 0 Å². The van der Waals surface area contributed by atoms with Gasteiger partial charge in [-0.1, -0.05) is 32.9 Å². The van der Waals surface area contributed by atoms with Gasteiger partial charge in [0, 0.05) is 5.56 Å². The molecule has 6 nitrogen and oxygen atoms in total. The summed E-state index contributed by atoms with van der Waals surface area (Å²) in [4.78, 5) is 35.1. The van der Waals surface area contributed by atoms with Crippen LogP contribution in [0.3, 0.4) is 0 Å². The van der Waals surface area contributed by atoms with Gasteiger partial charge in [0.25, 0.3) is 0 Å². The number of aldehydes is 1. The van der Waals surface area contributed by atoms with Crippen LogP contribution in [0.4, 0.5) is 5.69 Å². The quantitative estimate of drug-likeness (QED) is 0.563. The molecule has 0 aromatic heterocycles. The van der Waals surface area contributed by atoms with Gasteiger partial charge in [-0.25, -0.2) is 0 Å². The number of rotatable bonds is 8.